The molecule has 0 aliphatic heterocycles. The molecular formula is C19H11ClFN5O3. The zero-order valence-electron chi connectivity index (χ0n) is 14.5. The van der Waals surface area contributed by atoms with Gasteiger partial charge < -0.3 is 5.32 Å². The number of anilines is 1. The lowest BCUT2D eigenvalue weighted by Crippen LogP contribution is -2.12. The van der Waals surface area contributed by atoms with E-state index in [0.29, 0.717) is 22.4 Å². The summed E-state index contributed by atoms with van der Waals surface area (Å²) in [7, 11) is 0. The fourth-order valence-electron chi connectivity index (χ4n) is 2.68. The van der Waals surface area contributed by atoms with E-state index in [0.717, 1.165) is 6.07 Å². The zero-order valence-corrected chi connectivity index (χ0v) is 15.3. The number of carbonyl (C=O) groups excluding carboxylic acids is 1. The summed E-state index contributed by atoms with van der Waals surface area (Å²) in [5.41, 5.74) is 1.85. The molecular weight excluding hydrogens is 401 g/mol. The van der Waals surface area contributed by atoms with Crippen molar-refractivity contribution >= 4 is 39.9 Å². The van der Waals surface area contributed by atoms with Gasteiger partial charge in [-0.3, -0.25) is 14.9 Å². The van der Waals surface area contributed by atoms with Gasteiger partial charge in [0.25, 0.3) is 11.6 Å². The van der Waals surface area contributed by atoms with Gasteiger partial charge in [-0.25, -0.2) is 4.39 Å². The largest absolute Gasteiger partial charge is 0.322 e. The lowest BCUT2D eigenvalue weighted by molar-refractivity contribution is -0.384. The third-order valence-corrected chi connectivity index (χ3v) is 4.42. The smallest absolute Gasteiger partial charge is 0.288 e. The number of hydrogen-bond donors (Lipinski definition) is 1. The molecule has 10 heteroatoms. The van der Waals surface area contributed by atoms with Gasteiger partial charge in [-0.15, -0.1) is 10.2 Å². The molecule has 0 saturated carbocycles. The minimum atomic E-state index is -0.654. The number of amides is 1. The van der Waals surface area contributed by atoms with Gasteiger partial charge in [-0.1, -0.05) is 11.6 Å². The number of hydrogen-bond acceptors (Lipinski definition) is 5. The number of aromatic nitrogens is 3. The minimum Gasteiger partial charge on any atom is -0.322 e. The molecule has 0 unspecified atom stereocenters. The molecule has 0 bridgehead atoms. The number of benzene rings is 3. The van der Waals surface area contributed by atoms with Crippen molar-refractivity contribution in [1.82, 2.24) is 15.0 Å². The molecule has 0 radical (unpaired) electrons. The third kappa shape index (κ3) is 3.76. The van der Waals surface area contributed by atoms with Gasteiger partial charge in [0.1, 0.15) is 21.9 Å². The van der Waals surface area contributed by atoms with Gasteiger partial charge in [0.2, 0.25) is 0 Å². The first-order valence-electron chi connectivity index (χ1n) is 8.29. The Labute approximate surface area is 167 Å². The summed E-state index contributed by atoms with van der Waals surface area (Å²) in [6.45, 7) is 0. The van der Waals surface area contributed by atoms with Crippen molar-refractivity contribution in [2.45, 2.75) is 0 Å². The van der Waals surface area contributed by atoms with E-state index in [4.69, 9.17) is 11.6 Å². The Morgan fingerprint density at radius 1 is 1.03 bits per heavy atom. The van der Waals surface area contributed by atoms with Crippen LogP contribution in [0.25, 0.3) is 16.7 Å². The number of fused-ring (bicyclic) bond motifs is 1. The third-order valence-electron chi connectivity index (χ3n) is 4.10. The second-order valence-corrected chi connectivity index (χ2v) is 6.45. The van der Waals surface area contributed by atoms with Gasteiger partial charge in [0, 0.05) is 17.3 Å². The van der Waals surface area contributed by atoms with Gasteiger partial charge >= 0.3 is 0 Å². The predicted molar refractivity (Wildman–Crippen MR) is 105 cm³/mol. The summed E-state index contributed by atoms with van der Waals surface area (Å²) in [6, 6.07) is 14.4. The molecule has 1 aromatic heterocycles. The summed E-state index contributed by atoms with van der Waals surface area (Å²) in [4.78, 5) is 24.1. The predicted octanol–water partition coefficient (Wildman–Crippen LogP) is 4.37. The average molecular weight is 412 g/mol. The SMILES string of the molecule is O=C(Nc1ccc2nn(-c3ccc(F)cc3)nc2c1)c1ccc(Cl)c([N+](=O)[O-])c1. The van der Waals surface area contributed by atoms with Crippen molar-refractivity contribution in [3.05, 3.63) is 87.2 Å². The van der Waals surface area contributed by atoms with Crippen LogP contribution < -0.4 is 5.32 Å². The van der Waals surface area contributed by atoms with Crippen LogP contribution in [0.5, 0.6) is 0 Å². The maximum Gasteiger partial charge on any atom is 0.288 e. The van der Waals surface area contributed by atoms with Crippen molar-refractivity contribution in [2.75, 3.05) is 5.32 Å². The molecule has 1 amide bonds. The molecule has 29 heavy (non-hydrogen) atoms. The lowest BCUT2D eigenvalue weighted by Gasteiger charge is -2.05. The summed E-state index contributed by atoms with van der Waals surface area (Å²) in [6.07, 6.45) is 0. The molecule has 0 saturated heterocycles. The number of halogens is 2. The summed E-state index contributed by atoms with van der Waals surface area (Å²) >= 11 is 5.77. The second kappa shape index (κ2) is 7.28. The van der Waals surface area contributed by atoms with E-state index in [9.17, 15) is 19.3 Å². The van der Waals surface area contributed by atoms with Crippen LogP contribution in [0, 0.1) is 15.9 Å². The number of rotatable bonds is 4. The highest BCUT2D eigenvalue weighted by Gasteiger charge is 2.17. The van der Waals surface area contributed by atoms with Crippen LogP contribution in [0.3, 0.4) is 0 Å². The number of nitrogens with zero attached hydrogens (tertiary/aromatic N) is 4. The highest BCUT2D eigenvalue weighted by Crippen LogP contribution is 2.26. The van der Waals surface area contributed by atoms with E-state index in [2.05, 4.69) is 15.5 Å². The lowest BCUT2D eigenvalue weighted by atomic mass is 10.2. The Balaban J connectivity index is 1.60. The van der Waals surface area contributed by atoms with E-state index in [1.807, 2.05) is 0 Å². The highest BCUT2D eigenvalue weighted by atomic mass is 35.5. The Hall–Kier alpha value is -3.85. The van der Waals surface area contributed by atoms with Gasteiger partial charge in [-0.2, -0.15) is 4.80 Å². The van der Waals surface area contributed by atoms with Crippen molar-refractivity contribution in [3.8, 4) is 5.69 Å². The molecule has 0 atom stereocenters. The van der Waals surface area contributed by atoms with Crippen molar-refractivity contribution < 1.29 is 14.1 Å². The van der Waals surface area contributed by atoms with Crippen LogP contribution in [0.1, 0.15) is 10.4 Å². The fraction of sp³-hybridized carbons (Fsp3) is 0. The molecule has 1 heterocycles. The molecule has 4 rings (SSSR count). The van der Waals surface area contributed by atoms with Gasteiger partial charge in [-0.05, 0) is 54.6 Å². The molecule has 0 aliphatic carbocycles. The maximum atomic E-state index is 13.1. The van der Waals surface area contributed by atoms with Crippen molar-refractivity contribution in [1.29, 1.82) is 0 Å². The molecule has 4 aromatic rings. The van der Waals surface area contributed by atoms with Gasteiger partial charge in [0.05, 0.1) is 10.6 Å². The van der Waals surface area contributed by atoms with Crippen LogP contribution >= 0.6 is 11.6 Å². The van der Waals surface area contributed by atoms with Crippen molar-refractivity contribution in [3.63, 3.8) is 0 Å². The summed E-state index contributed by atoms with van der Waals surface area (Å²) in [5, 5.41) is 22.2. The van der Waals surface area contributed by atoms with Crippen LogP contribution in [0.15, 0.2) is 60.7 Å². The van der Waals surface area contributed by atoms with Gasteiger partial charge in [0.15, 0.2) is 0 Å². The monoisotopic (exact) mass is 411 g/mol. The number of nitrogens with one attached hydrogen (secondary N) is 1. The summed E-state index contributed by atoms with van der Waals surface area (Å²) < 4.78 is 13.1. The van der Waals surface area contributed by atoms with Crippen LogP contribution in [-0.2, 0) is 0 Å². The number of carbonyl (C=O) groups is 1. The first-order chi connectivity index (χ1) is 13.9. The number of nitro benzene ring substituents is 1. The maximum absolute atomic E-state index is 13.1. The molecule has 8 nitrogen and oxygen atoms in total. The van der Waals surface area contributed by atoms with Crippen LogP contribution in [0.2, 0.25) is 5.02 Å². The normalized spacial score (nSPS) is 10.8. The van der Waals surface area contributed by atoms with Crippen LogP contribution in [-0.4, -0.2) is 25.8 Å². The Morgan fingerprint density at radius 3 is 2.48 bits per heavy atom. The first kappa shape index (κ1) is 18.5. The van der Waals surface area contributed by atoms with E-state index in [1.165, 1.54) is 29.1 Å². The Bertz CT molecular complexity index is 1260. The van der Waals surface area contributed by atoms with Crippen LogP contribution in [0.4, 0.5) is 15.8 Å². The first-order valence-corrected chi connectivity index (χ1v) is 8.67. The standard InChI is InChI=1S/C19H11ClFN5O3/c20-15-7-1-11(9-18(15)26(28)29)19(27)22-13-4-8-16-17(10-13)24-25(23-16)14-5-2-12(21)3-6-14/h1-10H,(H,22,27). The van der Waals surface area contributed by atoms with E-state index < -0.39 is 10.8 Å². The molecule has 0 aliphatic rings. The van der Waals surface area contributed by atoms with E-state index >= 15 is 0 Å². The van der Waals surface area contributed by atoms with E-state index in [-0.39, 0.29) is 22.1 Å². The highest BCUT2D eigenvalue weighted by molar-refractivity contribution is 6.32. The fourth-order valence-corrected chi connectivity index (χ4v) is 2.87. The summed E-state index contributed by atoms with van der Waals surface area (Å²) in [5.74, 6) is -0.895. The topological polar surface area (TPSA) is 103 Å². The molecule has 1 N–H and O–H groups in total. The Kier molecular flexibility index (Phi) is 4.65. The second-order valence-electron chi connectivity index (χ2n) is 6.05. The Morgan fingerprint density at radius 2 is 1.76 bits per heavy atom. The molecule has 0 spiro atoms. The zero-order chi connectivity index (χ0) is 20.5. The molecule has 3 aromatic carbocycles. The quantitative estimate of drug-likeness (QED) is 0.396. The van der Waals surface area contributed by atoms with Crippen molar-refractivity contribution in [2.24, 2.45) is 0 Å². The average Bonchev–Trinajstić information content (AvgIpc) is 3.12. The minimum absolute atomic E-state index is 0.0506. The van der Waals surface area contributed by atoms with E-state index in [1.54, 1.807) is 30.3 Å². The number of nitro groups is 1. The molecule has 144 valence electrons. The molecule has 0 fully saturated rings.